The number of carbonyl (C=O) groups is 1. The van der Waals surface area contributed by atoms with E-state index < -0.39 is 12.1 Å². The second kappa shape index (κ2) is 9.15. The monoisotopic (exact) mass is 473 g/mol. The molecule has 0 aliphatic rings. The normalized spacial score (nSPS) is 13.0. The van der Waals surface area contributed by atoms with Gasteiger partial charge in [-0.2, -0.15) is 5.10 Å². The fraction of sp³-hybridized carbons (Fsp3) is 0.0800. The number of nitrogens with zero attached hydrogens (tertiary/aromatic N) is 3. The summed E-state index contributed by atoms with van der Waals surface area (Å²) in [5.41, 5.74) is 10.6. The number of nitrogens with one attached hydrogen (secondary N) is 1. The first-order valence-electron chi connectivity index (χ1n) is 10.4. The van der Waals surface area contributed by atoms with E-state index in [1.54, 1.807) is 10.7 Å². The number of fused-ring (bicyclic) bond motifs is 1. The minimum absolute atomic E-state index is 0.270. The molecule has 164 valence electrons. The van der Waals surface area contributed by atoms with Gasteiger partial charge in [0, 0.05) is 11.8 Å². The second-order valence-corrected chi connectivity index (χ2v) is 9.13. The zero-order valence-electron chi connectivity index (χ0n) is 17.4. The molecule has 1 unspecified atom stereocenters. The number of aromatic nitrogens is 3. The van der Waals surface area contributed by atoms with Crippen molar-refractivity contribution in [1.29, 1.82) is 0 Å². The third-order valence-corrected chi connectivity index (χ3v) is 6.70. The maximum Gasteiger partial charge on any atom is 0.280 e. The fourth-order valence-electron chi connectivity index (χ4n) is 3.79. The van der Waals surface area contributed by atoms with Crippen LogP contribution in [0.25, 0.3) is 16.8 Å². The summed E-state index contributed by atoms with van der Waals surface area (Å²) in [6, 6.07) is 24.3. The van der Waals surface area contributed by atoms with Gasteiger partial charge in [-0.3, -0.25) is 4.79 Å². The minimum Gasteiger partial charge on any atom is -0.341 e. The highest BCUT2D eigenvalue weighted by Crippen LogP contribution is 2.35. The molecule has 5 rings (SSSR count). The summed E-state index contributed by atoms with van der Waals surface area (Å²) < 4.78 is 2.18. The van der Waals surface area contributed by atoms with Crippen LogP contribution in [0.15, 0.2) is 91.3 Å². The van der Waals surface area contributed by atoms with E-state index in [4.69, 9.17) is 17.3 Å². The number of halogens is 1. The summed E-state index contributed by atoms with van der Waals surface area (Å²) in [4.78, 5) is 17.8. The molecule has 1 amide bonds. The standard InChI is InChI=1S/C25H20ClN5OS/c26-23-22(18-15-28-31-14-8-7-13-19(18)31)30-25(33-23)24(32)29-21(17-11-5-2-6-12-17)20(27)16-9-3-1-4-10-16/h1-15,20-21H,27H2,(H,29,32)/t20?,21-/m1/s1. The second-order valence-electron chi connectivity index (χ2n) is 7.53. The van der Waals surface area contributed by atoms with Gasteiger partial charge in [-0.05, 0) is 23.3 Å². The van der Waals surface area contributed by atoms with E-state index in [0.717, 1.165) is 33.5 Å². The van der Waals surface area contributed by atoms with Crippen molar-refractivity contribution in [1.82, 2.24) is 19.9 Å². The van der Waals surface area contributed by atoms with Crippen molar-refractivity contribution in [3.05, 3.63) is 112 Å². The third kappa shape index (κ3) is 4.26. The van der Waals surface area contributed by atoms with E-state index in [2.05, 4.69) is 15.4 Å². The summed E-state index contributed by atoms with van der Waals surface area (Å²) in [5.74, 6) is -0.329. The fourth-order valence-corrected chi connectivity index (χ4v) is 4.87. The van der Waals surface area contributed by atoms with Crippen LogP contribution in [0.5, 0.6) is 0 Å². The Hall–Kier alpha value is -3.52. The molecule has 8 heteroatoms. The van der Waals surface area contributed by atoms with Crippen LogP contribution in [0.4, 0.5) is 0 Å². The van der Waals surface area contributed by atoms with E-state index in [9.17, 15) is 4.79 Å². The van der Waals surface area contributed by atoms with Gasteiger partial charge in [-0.25, -0.2) is 9.50 Å². The molecule has 5 aromatic rings. The zero-order chi connectivity index (χ0) is 22.8. The Labute approximate surface area is 199 Å². The van der Waals surface area contributed by atoms with E-state index >= 15 is 0 Å². The molecule has 3 N–H and O–H groups in total. The van der Waals surface area contributed by atoms with Crippen molar-refractivity contribution < 1.29 is 4.79 Å². The highest BCUT2D eigenvalue weighted by molar-refractivity contribution is 7.18. The Kier molecular flexibility index (Phi) is 5.92. The molecular weight excluding hydrogens is 454 g/mol. The molecule has 2 aromatic carbocycles. The quantitative estimate of drug-likeness (QED) is 0.351. The topological polar surface area (TPSA) is 85.3 Å². The lowest BCUT2D eigenvalue weighted by Crippen LogP contribution is -2.36. The molecule has 0 bridgehead atoms. The Morgan fingerprint density at radius 1 is 0.970 bits per heavy atom. The Morgan fingerprint density at radius 2 is 1.64 bits per heavy atom. The van der Waals surface area contributed by atoms with Gasteiger partial charge in [0.05, 0.1) is 23.8 Å². The van der Waals surface area contributed by atoms with Gasteiger partial charge in [0.2, 0.25) is 0 Å². The predicted octanol–water partition coefficient (Wildman–Crippen LogP) is 5.28. The van der Waals surface area contributed by atoms with Crippen LogP contribution < -0.4 is 11.1 Å². The highest BCUT2D eigenvalue weighted by Gasteiger charge is 2.26. The average molecular weight is 474 g/mol. The molecule has 6 nitrogen and oxygen atoms in total. The van der Waals surface area contributed by atoms with Crippen LogP contribution in [0, 0.1) is 0 Å². The molecular formula is C25H20ClN5OS. The molecule has 0 aliphatic carbocycles. The maximum atomic E-state index is 13.3. The number of pyridine rings is 1. The molecule has 0 saturated carbocycles. The number of hydrogen-bond acceptors (Lipinski definition) is 5. The maximum absolute atomic E-state index is 13.3. The van der Waals surface area contributed by atoms with Gasteiger partial charge < -0.3 is 11.1 Å². The van der Waals surface area contributed by atoms with Crippen LogP contribution in [-0.2, 0) is 0 Å². The van der Waals surface area contributed by atoms with E-state index in [0.29, 0.717) is 10.0 Å². The molecule has 0 spiro atoms. The molecule has 33 heavy (non-hydrogen) atoms. The molecule has 0 radical (unpaired) electrons. The number of nitrogens with two attached hydrogens (primary N) is 1. The number of rotatable bonds is 6. The lowest BCUT2D eigenvalue weighted by molar-refractivity contribution is 0.0930. The summed E-state index contributed by atoms with van der Waals surface area (Å²) in [7, 11) is 0. The molecule has 0 fully saturated rings. The molecule has 0 aliphatic heterocycles. The summed E-state index contributed by atoms with van der Waals surface area (Å²) in [6.45, 7) is 0. The number of thiazole rings is 1. The van der Waals surface area contributed by atoms with Crippen molar-refractivity contribution in [3.8, 4) is 11.3 Å². The SMILES string of the molecule is NC(c1ccccc1)[C@H](NC(=O)c1nc(-c2cnn3ccccc23)c(Cl)s1)c1ccccc1. The molecule has 0 saturated heterocycles. The number of benzene rings is 2. The van der Waals surface area contributed by atoms with Crippen molar-refractivity contribution in [2.75, 3.05) is 0 Å². The van der Waals surface area contributed by atoms with Crippen LogP contribution in [0.3, 0.4) is 0 Å². The zero-order valence-corrected chi connectivity index (χ0v) is 19.0. The van der Waals surface area contributed by atoms with Gasteiger partial charge in [-0.15, -0.1) is 0 Å². The first-order valence-corrected chi connectivity index (χ1v) is 11.6. The van der Waals surface area contributed by atoms with Crippen molar-refractivity contribution in [2.45, 2.75) is 12.1 Å². The van der Waals surface area contributed by atoms with E-state index in [1.165, 1.54) is 0 Å². The number of amides is 1. The van der Waals surface area contributed by atoms with Crippen molar-refractivity contribution >= 4 is 34.4 Å². The smallest absolute Gasteiger partial charge is 0.280 e. The number of carbonyl (C=O) groups excluding carboxylic acids is 1. The largest absolute Gasteiger partial charge is 0.341 e. The van der Waals surface area contributed by atoms with E-state index in [1.807, 2.05) is 85.1 Å². The van der Waals surface area contributed by atoms with E-state index in [-0.39, 0.29) is 10.9 Å². The lowest BCUT2D eigenvalue weighted by Gasteiger charge is -2.25. The predicted molar refractivity (Wildman–Crippen MR) is 131 cm³/mol. The molecule has 2 atom stereocenters. The summed E-state index contributed by atoms with van der Waals surface area (Å²) >= 11 is 7.65. The van der Waals surface area contributed by atoms with Gasteiger partial charge in [0.1, 0.15) is 10.0 Å². The Balaban J connectivity index is 1.46. The van der Waals surface area contributed by atoms with Crippen molar-refractivity contribution in [3.63, 3.8) is 0 Å². The molecule has 3 heterocycles. The first-order chi connectivity index (χ1) is 16.1. The van der Waals surface area contributed by atoms with Gasteiger partial charge in [0.25, 0.3) is 5.91 Å². The minimum atomic E-state index is -0.441. The summed E-state index contributed by atoms with van der Waals surface area (Å²) in [6.07, 6.45) is 3.55. The van der Waals surface area contributed by atoms with Gasteiger partial charge in [0.15, 0.2) is 5.01 Å². The number of hydrogen-bond donors (Lipinski definition) is 2. The summed E-state index contributed by atoms with van der Waals surface area (Å²) in [5, 5.41) is 7.69. The van der Waals surface area contributed by atoms with Crippen molar-refractivity contribution in [2.24, 2.45) is 5.73 Å². The highest BCUT2D eigenvalue weighted by atomic mass is 35.5. The average Bonchev–Trinajstić information content (AvgIpc) is 3.46. The van der Waals surface area contributed by atoms with Crippen LogP contribution in [0.2, 0.25) is 4.34 Å². The molecule has 3 aromatic heterocycles. The van der Waals surface area contributed by atoms with Crippen LogP contribution in [-0.4, -0.2) is 20.5 Å². The Morgan fingerprint density at radius 3 is 2.36 bits per heavy atom. The third-order valence-electron chi connectivity index (χ3n) is 5.45. The first kappa shape index (κ1) is 21.3. The van der Waals surface area contributed by atoms with Crippen LogP contribution in [0.1, 0.15) is 33.0 Å². The lowest BCUT2D eigenvalue weighted by atomic mass is 9.94. The van der Waals surface area contributed by atoms with Gasteiger partial charge in [-0.1, -0.05) is 89.7 Å². The van der Waals surface area contributed by atoms with Gasteiger partial charge >= 0.3 is 0 Å². The van der Waals surface area contributed by atoms with Crippen LogP contribution >= 0.6 is 22.9 Å². The Bertz CT molecular complexity index is 1400.